The number of thiophene rings is 2. The Hall–Kier alpha value is -1.69. The molecule has 0 radical (unpaired) electrons. The summed E-state index contributed by atoms with van der Waals surface area (Å²) in [6.45, 7) is 5.66. The Morgan fingerprint density at radius 1 is 1.25 bits per heavy atom. The van der Waals surface area contributed by atoms with E-state index in [1.165, 1.54) is 15.0 Å². The number of carbonyl (C=O) groups excluding carboxylic acids is 1. The van der Waals surface area contributed by atoms with Gasteiger partial charge in [-0.2, -0.15) is 11.3 Å². The zero-order chi connectivity index (χ0) is 16.8. The van der Waals surface area contributed by atoms with Gasteiger partial charge in [-0.25, -0.2) is 0 Å². The van der Waals surface area contributed by atoms with Crippen molar-refractivity contribution < 1.29 is 4.79 Å². The smallest absolute Gasteiger partial charge is 0.224 e. The summed E-state index contributed by atoms with van der Waals surface area (Å²) >= 11 is 3.49. The van der Waals surface area contributed by atoms with E-state index in [4.69, 9.17) is 0 Å². The van der Waals surface area contributed by atoms with E-state index in [2.05, 4.69) is 47.5 Å². The van der Waals surface area contributed by atoms with E-state index in [0.29, 0.717) is 13.0 Å². The van der Waals surface area contributed by atoms with Crippen molar-refractivity contribution in [3.8, 4) is 0 Å². The second-order valence-corrected chi connectivity index (χ2v) is 7.73. The molecule has 0 aliphatic heterocycles. The van der Waals surface area contributed by atoms with E-state index in [0.717, 1.165) is 25.2 Å². The molecule has 0 bridgehead atoms. The maximum absolute atomic E-state index is 11.9. The van der Waals surface area contributed by atoms with Crippen LogP contribution >= 0.6 is 22.7 Å². The zero-order valence-corrected chi connectivity index (χ0v) is 15.5. The molecule has 5 heteroatoms. The van der Waals surface area contributed by atoms with Crippen molar-refractivity contribution in [2.45, 2.75) is 19.9 Å². The van der Waals surface area contributed by atoms with Crippen LogP contribution in [0.4, 0.5) is 0 Å². The average molecular weight is 359 g/mol. The molecular formula is C19H22N2OS2. The van der Waals surface area contributed by atoms with Gasteiger partial charge in [0.2, 0.25) is 5.91 Å². The first-order chi connectivity index (χ1) is 11.7. The molecule has 2 aromatic heterocycles. The molecule has 3 aromatic rings. The van der Waals surface area contributed by atoms with Gasteiger partial charge in [-0.3, -0.25) is 9.69 Å². The summed E-state index contributed by atoms with van der Waals surface area (Å²) < 4.78 is 1.34. The molecule has 3 rings (SSSR count). The highest BCUT2D eigenvalue weighted by atomic mass is 32.1. The number of fused-ring (bicyclic) bond motifs is 1. The van der Waals surface area contributed by atoms with Gasteiger partial charge in [0.1, 0.15) is 0 Å². The lowest BCUT2D eigenvalue weighted by Crippen LogP contribution is -2.35. The molecule has 0 fully saturated rings. The maximum Gasteiger partial charge on any atom is 0.224 e. The molecule has 3 nitrogen and oxygen atoms in total. The van der Waals surface area contributed by atoms with Gasteiger partial charge in [0.15, 0.2) is 0 Å². The summed E-state index contributed by atoms with van der Waals surface area (Å²) in [6.07, 6.45) is 0.478. The fraction of sp³-hybridized carbons (Fsp3) is 0.316. The fourth-order valence-corrected chi connectivity index (χ4v) is 4.45. The van der Waals surface area contributed by atoms with Crippen molar-refractivity contribution >= 4 is 38.7 Å². The number of benzene rings is 1. The Kier molecular flexibility index (Phi) is 6.01. The van der Waals surface area contributed by atoms with Gasteiger partial charge >= 0.3 is 0 Å². The van der Waals surface area contributed by atoms with Crippen LogP contribution in [0, 0.1) is 0 Å². The Morgan fingerprint density at radius 2 is 2.12 bits per heavy atom. The number of likely N-dealkylation sites (N-methyl/N-ethyl adjacent to an activating group) is 1. The van der Waals surface area contributed by atoms with Gasteiger partial charge in [0, 0.05) is 29.2 Å². The van der Waals surface area contributed by atoms with Crippen molar-refractivity contribution in [1.82, 2.24) is 10.2 Å². The fourth-order valence-electron chi connectivity index (χ4n) is 2.68. The van der Waals surface area contributed by atoms with E-state index < -0.39 is 0 Å². The lowest BCUT2D eigenvalue weighted by molar-refractivity contribution is -0.120. The highest BCUT2D eigenvalue weighted by Gasteiger charge is 2.08. The minimum atomic E-state index is 0.103. The highest BCUT2D eigenvalue weighted by Crippen LogP contribution is 2.26. The van der Waals surface area contributed by atoms with Crippen LogP contribution in [0.5, 0.6) is 0 Å². The lowest BCUT2D eigenvalue weighted by atomic mass is 10.2. The van der Waals surface area contributed by atoms with E-state index in [1.54, 1.807) is 11.3 Å². The molecule has 24 heavy (non-hydrogen) atoms. The summed E-state index contributed by atoms with van der Waals surface area (Å²) in [7, 11) is 0. The molecule has 0 saturated carbocycles. The normalized spacial score (nSPS) is 11.2. The maximum atomic E-state index is 11.9. The van der Waals surface area contributed by atoms with Gasteiger partial charge in [0.25, 0.3) is 0 Å². The first-order valence-electron chi connectivity index (χ1n) is 8.22. The molecule has 0 atom stereocenters. The summed E-state index contributed by atoms with van der Waals surface area (Å²) in [6, 6.07) is 12.8. The van der Waals surface area contributed by atoms with E-state index in [1.807, 2.05) is 28.2 Å². The molecule has 0 saturated heterocycles. The van der Waals surface area contributed by atoms with Gasteiger partial charge < -0.3 is 5.32 Å². The minimum Gasteiger partial charge on any atom is -0.355 e. The zero-order valence-electron chi connectivity index (χ0n) is 13.8. The number of amides is 1. The Morgan fingerprint density at radius 3 is 2.88 bits per heavy atom. The van der Waals surface area contributed by atoms with Crippen LogP contribution in [0.3, 0.4) is 0 Å². The predicted octanol–water partition coefficient (Wildman–Crippen LogP) is 4.14. The molecule has 1 N–H and O–H groups in total. The van der Waals surface area contributed by atoms with Gasteiger partial charge in [-0.1, -0.05) is 25.1 Å². The summed E-state index contributed by atoms with van der Waals surface area (Å²) in [5.41, 5.74) is 1.09. The second kappa shape index (κ2) is 8.42. The van der Waals surface area contributed by atoms with Crippen LogP contribution in [-0.2, 0) is 17.8 Å². The third-order valence-electron chi connectivity index (χ3n) is 4.00. The molecule has 2 heterocycles. The number of nitrogens with one attached hydrogen (secondary N) is 1. The standard InChI is InChI=1S/C19H22N2OS2/c1-2-21(9-8-20-19(22)11-15-7-10-23-14-15)13-17-12-16-5-3-4-6-18(16)24-17/h3-7,10,12,14H,2,8-9,11,13H2,1H3,(H,20,22). The molecule has 0 spiro atoms. The van der Waals surface area contributed by atoms with Crippen LogP contribution in [0.1, 0.15) is 17.4 Å². The number of hydrogen-bond donors (Lipinski definition) is 1. The van der Waals surface area contributed by atoms with Crippen LogP contribution in [-0.4, -0.2) is 30.4 Å². The summed E-state index contributed by atoms with van der Waals surface area (Å²) in [5, 5.41) is 8.38. The first-order valence-corrected chi connectivity index (χ1v) is 9.98. The Balaban J connectivity index is 1.47. The molecule has 0 aliphatic carbocycles. The third kappa shape index (κ3) is 4.66. The molecule has 1 amide bonds. The van der Waals surface area contributed by atoms with E-state index in [9.17, 15) is 4.79 Å². The van der Waals surface area contributed by atoms with E-state index in [-0.39, 0.29) is 5.91 Å². The molecule has 1 aromatic carbocycles. The van der Waals surface area contributed by atoms with Crippen LogP contribution in [0.2, 0.25) is 0 Å². The van der Waals surface area contributed by atoms with Gasteiger partial charge in [-0.15, -0.1) is 11.3 Å². The van der Waals surface area contributed by atoms with Crippen LogP contribution < -0.4 is 5.32 Å². The van der Waals surface area contributed by atoms with Crippen molar-refractivity contribution in [1.29, 1.82) is 0 Å². The largest absolute Gasteiger partial charge is 0.355 e. The highest BCUT2D eigenvalue weighted by molar-refractivity contribution is 7.19. The number of hydrogen-bond acceptors (Lipinski definition) is 4. The number of nitrogens with zero attached hydrogens (tertiary/aromatic N) is 1. The van der Waals surface area contributed by atoms with Crippen LogP contribution in [0.15, 0.2) is 47.2 Å². The summed E-state index contributed by atoms with van der Waals surface area (Å²) in [5.74, 6) is 0.103. The number of rotatable bonds is 8. The Labute approximate surface area is 150 Å². The van der Waals surface area contributed by atoms with Crippen LogP contribution in [0.25, 0.3) is 10.1 Å². The van der Waals surface area contributed by atoms with Crippen molar-refractivity contribution in [3.63, 3.8) is 0 Å². The average Bonchev–Trinajstić information content (AvgIpc) is 3.22. The predicted molar refractivity (Wildman–Crippen MR) is 104 cm³/mol. The van der Waals surface area contributed by atoms with E-state index >= 15 is 0 Å². The van der Waals surface area contributed by atoms with Gasteiger partial charge in [-0.05, 0) is 46.5 Å². The quantitative estimate of drug-likeness (QED) is 0.656. The number of carbonyl (C=O) groups is 1. The van der Waals surface area contributed by atoms with Crippen molar-refractivity contribution in [2.24, 2.45) is 0 Å². The SMILES string of the molecule is CCN(CCNC(=O)Cc1ccsc1)Cc1cc2ccccc2s1. The van der Waals surface area contributed by atoms with Gasteiger partial charge in [0.05, 0.1) is 6.42 Å². The monoisotopic (exact) mass is 358 g/mol. The second-order valence-electron chi connectivity index (χ2n) is 5.78. The summed E-state index contributed by atoms with van der Waals surface area (Å²) in [4.78, 5) is 15.7. The lowest BCUT2D eigenvalue weighted by Gasteiger charge is -2.19. The molecule has 0 aliphatic rings. The first kappa shape index (κ1) is 17.1. The molecule has 0 unspecified atom stereocenters. The minimum absolute atomic E-state index is 0.103. The van der Waals surface area contributed by atoms with Crippen molar-refractivity contribution in [2.75, 3.05) is 19.6 Å². The molecular weight excluding hydrogens is 336 g/mol. The topological polar surface area (TPSA) is 32.3 Å². The van der Waals surface area contributed by atoms with Crippen molar-refractivity contribution in [3.05, 3.63) is 57.6 Å². The Bertz CT molecular complexity index is 747. The third-order valence-corrected chi connectivity index (χ3v) is 5.83. The molecule has 126 valence electrons.